The van der Waals surface area contributed by atoms with Gasteiger partial charge >= 0.3 is 5.97 Å². The van der Waals surface area contributed by atoms with Gasteiger partial charge < -0.3 is 4.74 Å². The number of hydrogen-bond acceptors (Lipinski definition) is 3. The van der Waals surface area contributed by atoms with Gasteiger partial charge in [0.2, 0.25) is 0 Å². The van der Waals surface area contributed by atoms with Gasteiger partial charge in [-0.05, 0) is 44.0 Å². The Morgan fingerprint density at radius 2 is 2.20 bits per heavy atom. The number of hydrogen-bond donors (Lipinski definition) is 0. The summed E-state index contributed by atoms with van der Waals surface area (Å²) in [6.45, 7) is 4.16. The van der Waals surface area contributed by atoms with Crippen LogP contribution in [-0.4, -0.2) is 30.6 Å². The SMILES string of the molecule is CCOC(=O)[C@@H]1CCCN(Cc2ccc(F)c(F)c2)C1. The van der Waals surface area contributed by atoms with E-state index in [2.05, 4.69) is 4.90 Å². The highest BCUT2D eigenvalue weighted by atomic mass is 19.2. The van der Waals surface area contributed by atoms with Gasteiger partial charge in [-0.3, -0.25) is 9.69 Å². The Labute approximate surface area is 117 Å². The Bertz CT molecular complexity index is 479. The van der Waals surface area contributed by atoms with Crippen molar-refractivity contribution in [1.82, 2.24) is 4.90 Å². The van der Waals surface area contributed by atoms with Crippen LogP contribution in [-0.2, 0) is 16.1 Å². The quantitative estimate of drug-likeness (QED) is 0.796. The molecule has 1 aliphatic rings. The Morgan fingerprint density at radius 1 is 1.40 bits per heavy atom. The van der Waals surface area contributed by atoms with Crippen LogP contribution in [0.1, 0.15) is 25.3 Å². The normalized spacial score (nSPS) is 19.9. The standard InChI is InChI=1S/C15H19F2NO2/c1-2-20-15(19)12-4-3-7-18(10-12)9-11-5-6-13(16)14(17)8-11/h5-6,8,12H,2-4,7,9-10H2,1H3/t12-/m1/s1. The lowest BCUT2D eigenvalue weighted by Crippen LogP contribution is -2.38. The zero-order chi connectivity index (χ0) is 14.5. The van der Waals surface area contributed by atoms with Gasteiger partial charge in [0.25, 0.3) is 0 Å². The summed E-state index contributed by atoms with van der Waals surface area (Å²) in [6.07, 6.45) is 1.74. The minimum atomic E-state index is -0.836. The maximum Gasteiger partial charge on any atom is 0.310 e. The van der Waals surface area contributed by atoms with Gasteiger partial charge in [-0.2, -0.15) is 0 Å². The predicted molar refractivity (Wildman–Crippen MR) is 71.0 cm³/mol. The van der Waals surface area contributed by atoms with E-state index in [4.69, 9.17) is 4.74 Å². The number of ether oxygens (including phenoxy) is 1. The molecule has 0 saturated carbocycles. The molecular weight excluding hydrogens is 264 g/mol. The summed E-state index contributed by atoms with van der Waals surface area (Å²) in [6, 6.07) is 3.92. The highest BCUT2D eigenvalue weighted by molar-refractivity contribution is 5.72. The fourth-order valence-electron chi connectivity index (χ4n) is 2.55. The molecule has 1 saturated heterocycles. The fraction of sp³-hybridized carbons (Fsp3) is 0.533. The highest BCUT2D eigenvalue weighted by Crippen LogP contribution is 2.20. The molecule has 0 bridgehead atoms. The molecule has 2 rings (SSSR count). The van der Waals surface area contributed by atoms with E-state index in [-0.39, 0.29) is 11.9 Å². The molecular formula is C15H19F2NO2. The van der Waals surface area contributed by atoms with Crippen molar-refractivity contribution in [2.24, 2.45) is 5.92 Å². The molecule has 0 aliphatic carbocycles. The molecule has 0 aromatic heterocycles. The van der Waals surface area contributed by atoms with Crippen molar-refractivity contribution in [2.75, 3.05) is 19.7 Å². The summed E-state index contributed by atoms with van der Waals surface area (Å²) in [4.78, 5) is 13.8. The Balaban J connectivity index is 1.95. The second kappa shape index (κ2) is 6.79. The third-order valence-electron chi connectivity index (χ3n) is 3.52. The second-order valence-corrected chi connectivity index (χ2v) is 5.07. The zero-order valence-electron chi connectivity index (χ0n) is 11.6. The van der Waals surface area contributed by atoms with Gasteiger partial charge in [0.1, 0.15) is 0 Å². The van der Waals surface area contributed by atoms with Gasteiger partial charge in [0.15, 0.2) is 11.6 Å². The molecule has 0 N–H and O–H groups in total. The van der Waals surface area contributed by atoms with Crippen molar-refractivity contribution in [1.29, 1.82) is 0 Å². The first kappa shape index (κ1) is 14.9. The molecule has 0 radical (unpaired) electrons. The maximum atomic E-state index is 13.2. The minimum absolute atomic E-state index is 0.117. The van der Waals surface area contributed by atoms with Gasteiger partial charge in [0.05, 0.1) is 12.5 Å². The monoisotopic (exact) mass is 283 g/mol. The summed E-state index contributed by atoms with van der Waals surface area (Å²) >= 11 is 0. The van der Waals surface area contributed by atoms with Crippen LogP contribution in [0.2, 0.25) is 0 Å². The third-order valence-corrected chi connectivity index (χ3v) is 3.52. The molecule has 1 fully saturated rings. The molecule has 5 heteroatoms. The molecule has 0 amide bonds. The van der Waals surface area contributed by atoms with Crippen LogP contribution in [0, 0.1) is 17.6 Å². The molecule has 1 atom stereocenters. The minimum Gasteiger partial charge on any atom is -0.466 e. The van der Waals surface area contributed by atoms with E-state index in [9.17, 15) is 13.6 Å². The van der Waals surface area contributed by atoms with Crippen LogP contribution in [0.3, 0.4) is 0 Å². The largest absolute Gasteiger partial charge is 0.466 e. The molecule has 3 nitrogen and oxygen atoms in total. The average Bonchev–Trinajstić information content (AvgIpc) is 2.43. The molecule has 1 aromatic rings. The van der Waals surface area contributed by atoms with E-state index in [0.29, 0.717) is 25.3 Å². The van der Waals surface area contributed by atoms with E-state index in [1.54, 1.807) is 13.0 Å². The van der Waals surface area contributed by atoms with Crippen LogP contribution in [0.15, 0.2) is 18.2 Å². The smallest absolute Gasteiger partial charge is 0.310 e. The lowest BCUT2D eigenvalue weighted by molar-refractivity contribution is -0.150. The van der Waals surface area contributed by atoms with Gasteiger partial charge in [-0.15, -0.1) is 0 Å². The van der Waals surface area contributed by atoms with Crippen molar-refractivity contribution >= 4 is 5.97 Å². The number of nitrogens with zero attached hydrogens (tertiary/aromatic N) is 1. The summed E-state index contributed by atoms with van der Waals surface area (Å²) in [7, 11) is 0. The number of esters is 1. The second-order valence-electron chi connectivity index (χ2n) is 5.07. The van der Waals surface area contributed by atoms with Crippen LogP contribution in [0.5, 0.6) is 0 Å². The molecule has 1 aromatic carbocycles. The first-order valence-corrected chi connectivity index (χ1v) is 6.93. The fourth-order valence-corrected chi connectivity index (χ4v) is 2.55. The summed E-state index contributed by atoms with van der Waals surface area (Å²) in [5.41, 5.74) is 0.716. The average molecular weight is 283 g/mol. The van der Waals surface area contributed by atoms with E-state index in [1.807, 2.05) is 0 Å². The van der Waals surface area contributed by atoms with E-state index < -0.39 is 11.6 Å². The number of piperidine rings is 1. The molecule has 20 heavy (non-hydrogen) atoms. The summed E-state index contributed by atoms with van der Waals surface area (Å²) in [5.74, 6) is -1.95. The molecule has 110 valence electrons. The van der Waals surface area contributed by atoms with Gasteiger partial charge in [-0.25, -0.2) is 8.78 Å². The number of carbonyl (C=O) groups is 1. The van der Waals surface area contributed by atoms with Crippen LogP contribution < -0.4 is 0 Å². The van der Waals surface area contributed by atoms with Gasteiger partial charge in [0, 0.05) is 13.1 Å². The molecule has 1 heterocycles. The maximum absolute atomic E-state index is 13.2. The Morgan fingerprint density at radius 3 is 2.90 bits per heavy atom. The van der Waals surface area contributed by atoms with Crippen molar-refractivity contribution in [3.8, 4) is 0 Å². The Hall–Kier alpha value is -1.49. The summed E-state index contributed by atoms with van der Waals surface area (Å²) in [5, 5.41) is 0. The first-order chi connectivity index (χ1) is 9.60. The number of likely N-dealkylation sites (tertiary alicyclic amines) is 1. The number of rotatable bonds is 4. The van der Waals surface area contributed by atoms with E-state index in [0.717, 1.165) is 25.5 Å². The predicted octanol–water partition coefficient (Wildman–Crippen LogP) is 2.74. The summed E-state index contributed by atoms with van der Waals surface area (Å²) < 4.78 is 31.1. The number of halogens is 2. The first-order valence-electron chi connectivity index (χ1n) is 6.93. The van der Waals surface area contributed by atoms with E-state index >= 15 is 0 Å². The topological polar surface area (TPSA) is 29.5 Å². The zero-order valence-corrected chi connectivity index (χ0v) is 11.6. The van der Waals surface area contributed by atoms with E-state index in [1.165, 1.54) is 6.07 Å². The Kier molecular flexibility index (Phi) is 5.06. The van der Waals surface area contributed by atoms with Crippen LogP contribution >= 0.6 is 0 Å². The molecule has 0 spiro atoms. The van der Waals surface area contributed by atoms with Crippen LogP contribution in [0.25, 0.3) is 0 Å². The molecule has 0 unspecified atom stereocenters. The van der Waals surface area contributed by atoms with Crippen molar-refractivity contribution < 1.29 is 18.3 Å². The highest BCUT2D eigenvalue weighted by Gasteiger charge is 2.26. The lowest BCUT2D eigenvalue weighted by Gasteiger charge is -2.31. The van der Waals surface area contributed by atoms with Crippen molar-refractivity contribution in [2.45, 2.75) is 26.3 Å². The lowest BCUT2D eigenvalue weighted by atomic mass is 9.97. The van der Waals surface area contributed by atoms with Crippen molar-refractivity contribution in [3.05, 3.63) is 35.4 Å². The number of benzene rings is 1. The van der Waals surface area contributed by atoms with Gasteiger partial charge in [-0.1, -0.05) is 6.07 Å². The third kappa shape index (κ3) is 3.76. The van der Waals surface area contributed by atoms with Crippen LogP contribution in [0.4, 0.5) is 8.78 Å². The molecule has 1 aliphatic heterocycles. The van der Waals surface area contributed by atoms with Crippen molar-refractivity contribution in [3.63, 3.8) is 0 Å². The number of carbonyl (C=O) groups excluding carboxylic acids is 1.